The van der Waals surface area contributed by atoms with Gasteiger partial charge in [0.2, 0.25) is 0 Å². The molecule has 1 aromatic heterocycles. The Balaban J connectivity index is 2.24. The van der Waals surface area contributed by atoms with Crippen molar-refractivity contribution in [2.75, 3.05) is 0 Å². The molecule has 3 aromatic rings. The minimum atomic E-state index is -4.49. The molecular formula is C20H18BrF3N2O. The maximum atomic E-state index is 13.1. The smallest absolute Gasteiger partial charge is 0.291 e. The van der Waals surface area contributed by atoms with Gasteiger partial charge >= 0.3 is 6.18 Å². The predicted octanol–water partition coefficient (Wildman–Crippen LogP) is 5.56. The van der Waals surface area contributed by atoms with Crippen LogP contribution < -0.4 is 5.56 Å². The van der Waals surface area contributed by atoms with E-state index < -0.39 is 11.7 Å². The molecule has 0 saturated heterocycles. The number of alkyl halides is 4. The first-order valence-corrected chi connectivity index (χ1v) is 9.39. The van der Waals surface area contributed by atoms with E-state index >= 15 is 0 Å². The van der Waals surface area contributed by atoms with Crippen LogP contribution in [0, 0.1) is 5.92 Å². The van der Waals surface area contributed by atoms with Crippen molar-refractivity contribution in [1.29, 1.82) is 0 Å². The Morgan fingerprint density at radius 1 is 1.11 bits per heavy atom. The molecule has 0 spiro atoms. The Morgan fingerprint density at radius 2 is 1.78 bits per heavy atom. The van der Waals surface area contributed by atoms with E-state index in [4.69, 9.17) is 0 Å². The zero-order valence-corrected chi connectivity index (χ0v) is 16.4. The third kappa shape index (κ3) is 4.08. The highest BCUT2D eigenvalue weighted by Gasteiger charge is 2.31. The van der Waals surface area contributed by atoms with Crippen molar-refractivity contribution in [2.24, 2.45) is 5.92 Å². The summed E-state index contributed by atoms with van der Waals surface area (Å²) in [6, 6.07) is 12.5. The van der Waals surface area contributed by atoms with Crippen molar-refractivity contribution < 1.29 is 13.2 Å². The molecule has 1 heterocycles. The molecule has 0 fully saturated rings. The van der Waals surface area contributed by atoms with Crippen LogP contribution in [-0.4, -0.2) is 9.55 Å². The molecule has 0 N–H and O–H groups in total. The molecule has 0 aliphatic heterocycles. The summed E-state index contributed by atoms with van der Waals surface area (Å²) in [5, 5.41) is 0.172. The van der Waals surface area contributed by atoms with Gasteiger partial charge in [-0.2, -0.15) is 13.2 Å². The van der Waals surface area contributed by atoms with Crippen molar-refractivity contribution in [3.8, 4) is 0 Å². The number of hydrogen-bond donors (Lipinski definition) is 0. The van der Waals surface area contributed by atoms with Crippen LogP contribution in [0.15, 0.2) is 53.3 Å². The second-order valence-electron chi connectivity index (χ2n) is 6.72. The third-order valence-corrected chi connectivity index (χ3v) is 5.79. The van der Waals surface area contributed by atoms with E-state index in [1.54, 1.807) is 0 Å². The number of halogens is 4. The van der Waals surface area contributed by atoms with Gasteiger partial charge < -0.3 is 0 Å². The molecule has 0 radical (unpaired) electrons. The lowest BCUT2D eigenvalue weighted by Gasteiger charge is -2.20. The summed E-state index contributed by atoms with van der Waals surface area (Å²) < 4.78 is 40.7. The van der Waals surface area contributed by atoms with Gasteiger partial charge in [-0.25, -0.2) is 4.98 Å². The van der Waals surface area contributed by atoms with Crippen LogP contribution >= 0.6 is 15.9 Å². The molecule has 3 nitrogen and oxygen atoms in total. The number of nitrogens with zero attached hydrogens (tertiary/aromatic N) is 2. The normalized spacial score (nSPS) is 13.3. The molecule has 0 saturated carbocycles. The number of rotatable bonds is 4. The topological polar surface area (TPSA) is 34.9 Å². The largest absolute Gasteiger partial charge is 0.416 e. The van der Waals surface area contributed by atoms with Crippen LogP contribution in [0.3, 0.4) is 0 Å². The molecule has 0 amide bonds. The van der Waals surface area contributed by atoms with Crippen molar-refractivity contribution >= 4 is 26.8 Å². The number of aromatic nitrogens is 2. The molecule has 7 heteroatoms. The molecule has 0 aliphatic rings. The second-order valence-corrected chi connectivity index (χ2v) is 7.71. The van der Waals surface area contributed by atoms with Crippen LogP contribution in [-0.2, 0) is 12.7 Å². The van der Waals surface area contributed by atoms with Crippen molar-refractivity contribution in [3.63, 3.8) is 0 Å². The highest BCUT2D eigenvalue weighted by Crippen LogP contribution is 2.33. The molecule has 27 heavy (non-hydrogen) atoms. The highest BCUT2D eigenvalue weighted by molar-refractivity contribution is 9.09. The van der Waals surface area contributed by atoms with E-state index in [1.165, 1.54) is 10.6 Å². The van der Waals surface area contributed by atoms with Gasteiger partial charge in [-0.15, -0.1) is 0 Å². The van der Waals surface area contributed by atoms with Crippen molar-refractivity contribution in [1.82, 2.24) is 9.55 Å². The molecule has 0 bridgehead atoms. The van der Waals surface area contributed by atoms with Crippen molar-refractivity contribution in [2.45, 2.75) is 31.4 Å². The fourth-order valence-electron chi connectivity index (χ4n) is 2.84. The van der Waals surface area contributed by atoms with Gasteiger partial charge in [0.15, 0.2) is 0 Å². The molecular weight excluding hydrogens is 421 g/mol. The number of hydrogen-bond acceptors (Lipinski definition) is 2. The van der Waals surface area contributed by atoms with Gasteiger partial charge in [-0.05, 0) is 29.7 Å². The van der Waals surface area contributed by atoms with Gasteiger partial charge in [0.1, 0.15) is 5.82 Å². The molecule has 2 aromatic carbocycles. The van der Waals surface area contributed by atoms with Gasteiger partial charge in [0.25, 0.3) is 5.56 Å². The third-order valence-electron chi connectivity index (χ3n) is 4.33. The Bertz CT molecular complexity index is 1010. The zero-order chi connectivity index (χ0) is 19.8. The second kappa shape index (κ2) is 7.46. The fraction of sp³-hybridized carbons (Fsp3) is 0.300. The molecule has 3 rings (SSSR count). The first-order chi connectivity index (χ1) is 12.7. The summed E-state index contributed by atoms with van der Waals surface area (Å²) in [5.74, 6) is 0.521. The molecule has 142 valence electrons. The van der Waals surface area contributed by atoms with Crippen LogP contribution in [0.4, 0.5) is 13.2 Å². The van der Waals surface area contributed by atoms with Crippen LogP contribution in [0.25, 0.3) is 10.9 Å². The summed E-state index contributed by atoms with van der Waals surface area (Å²) >= 11 is 3.55. The van der Waals surface area contributed by atoms with Crippen LogP contribution in [0.2, 0.25) is 0 Å². The van der Waals surface area contributed by atoms with Gasteiger partial charge in [0, 0.05) is 0 Å². The first kappa shape index (κ1) is 19.6. The maximum Gasteiger partial charge on any atom is 0.416 e. The van der Waals surface area contributed by atoms with Crippen LogP contribution in [0.1, 0.15) is 35.6 Å². The lowest BCUT2D eigenvalue weighted by atomic mass is 10.1. The Labute approximate surface area is 163 Å². The molecule has 0 aliphatic carbocycles. The quantitative estimate of drug-likeness (QED) is 0.500. The molecule has 1 atom stereocenters. The minimum Gasteiger partial charge on any atom is -0.291 e. The minimum absolute atomic E-state index is 0.0548. The Kier molecular flexibility index (Phi) is 5.42. The van der Waals surface area contributed by atoms with Gasteiger partial charge in [-0.1, -0.05) is 60.1 Å². The van der Waals surface area contributed by atoms with Gasteiger partial charge in [-0.3, -0.25) is 9.36 Å². The van der Waals surface area contributed by atoms with E-state index in [1.807, 2.05) is 44.2 Å². The number of benzene rings is 2. The fourth-order valence-corrected chi connectivity index (χ4v) is 3.19. The van der Waals surface area contributed by atoms with E-state index in [0.717, 1.165) is 17.7 Å². The van der Waals surface area contributed by atoms with E-state index in [0.29, 0.717) is 12.4 Å². The average molecular weight is 439 g/mol. The zero-order valence-electron chi connectivity index (χ0n) is 14.8. The van der Waals surface area contributed by atoms with Crippen LogP contribution in [0.5, 0.6) is 0 Å². The predicted molar refractivity (Wildman–Crippen MR) is 103 cm³/mol. The lowest BCUT2D eigenvalue weighted by Crippen LogP contribution is -2.28. The standard InChI is InChI=1S/C20H18BrF3N2O/c1-12(2)17(21)18-25-16-10-14(20(22,23)24)8-9-15(16)19(27)26(18)11-13-6-4-3-5-7-13/h3-10,12,17H,11H2,1-2H3. The first-order valence-electron chi connectivity index (χ1n) is 8.48. The monoisotopic (exact) mass is 438 g/mol. The Morgan fingerprint density at radius 3 is 2.37 bits per heavy atom. The van der Waals surface area contributed by atoms with E-state index in [9.17, 15) is 18.0 Å². The summed E-state index contributed by atoms with van der Waals surface area (Å²) in [5.41, 5.74) is -0.196. The summed E-state index contributed by atoms with van der Waals surface area (Å²) in [6.07, 6.45) is -4.49. The summed E-state index contributed by atoms with van der Waals surface area (Å²) in [7, 11) is 0. The molecule has 1 unspecified atom stereocenters. The summed E-state index contributed by atoms with van der Waals surface area (Å²) in [6.45, 7) is 4.21. The maximum absolute atomic E-state index is 13.1. The van der Waals surface area contributed by atoms with Gasteiger partial charge in [0.05, 0.1) is 27.8 Å². The average Bonchev–Trinajstić information content (AvgIpc) is 2.63. The number of fused-ring (bicyclic) bond motifs is 1. The SMILES string of the molecule is CC(C)C(Br)c1nc2cc(C(F)(F)F)ccc2c(=O)n1Cc1ccccc1. The highest BCUT2D eigenvalue weighted by atomic mass is 79.9. The van der Waals surface area contributed by atoms with Crippen molar-refractivity contribution in [3.05, 3.63) is 75.8 Å². The lowest BCUT2D eigenvalue weighted by molar-refractivity contribution is -0.137. The van der Waals surface area contributed by atoms with E-state index in [-0.39, 0.29) is 27.2 Å². The van der Waals surface area contributed by atoms with E-state index in [2.05, 4.69) is 20.9 Å². The Hall–Kier alpha value is -2.15. The summed E-state index contributed by atoms with van der Waals surface area (Å²) in [4.78, 5) is 17.2.